The first kappa shape index (κ1) is 11.4. The van der Waals surface area contributed by atoms with Crippen LogP contribution in [0.4, 0.5) is 0 Å². The molecule has 1 aromatic rings. The highest BCUT2D eigenvalue weighted by Crippen LogP contribution is 2.35. The quantitative estimate of drug-likeness (QED) is 0.688. The van der Waals surface area contributed by atoms with Gasteiger partial charge in [-0.05, 0) is 34.9 Å². The number of esters is 1. The minimum atomic E-state index is -0.444. The van der Waals surface area contributed by atoms with Gasteiger partial charge in [0, 0.05) is 0 Å². The van der Waals surface area contributed by atoms with E-state index in [-0.39, 0.29) is 12.4 Å². The van der Waals surface area contributed by atoms with Crippen LogP contribution in [-0.2, 0) is 11.3 Å². The van der Waals surface area contributed by atoms with Gasteiger partial charge in [-0.25, -0.2) is 4.79 Å². The van der Waals surface area contributed by atoms with Crippen molar-refractivity contribution in [2.75, 3.05) is 7.11 Å². The number of fused-ring (bicyclic) bond motifs is 1. The SMILES string of the molecule is COC(=O)c1ccco1.OCc1cc2ccc1-2. The number of furan rings is 1. The number of aliphatic hydroxyl groups excluding tert-OH is 1. The molecule has 4 heteroatoms. The van der Waals surface area contributed by atoms with Gasteiger partial charge in [0.15, 0.2) is 0 Å². The smallest absolute Gasteiger partial charge is 0.373 e. The molecule has 0 fully saturated rings. The maximum Gasteiger partial charge on any atom is 0.373 e. The fourth-order valence-corrected chi connectivity index (χ4v) is 1.50. The van der Waals surface area contributed by atoms with E-state index >= 15 is 0 Å². The summed E-state index contributed by atoms with van der Waals surface area (Å²) in [6.07, 6.45) is 1.42. The fourth-order valence-electron chi connectivity index (χ4n) is 1.50. The van der Waals surface area contributed by atoms with E-state index in [0.29, 0.717) is 0 Å². The lowest BCUT2D eigenvalue weighted by molar-refractivity contribution is 0.0565. The highest BCUT2D eigenvalue weighted by Gasteiger charge is 2.14. The molecule has 0 spiro atoms. The predicted octanol–water partition coefficient (Wildman–Crippen LogP) is 2.23. The van der Waals surface area contributed by atoms with Crippen molar-refractivity contribution >= 4 is 5.97 Å². The van der Waals surface area contributed by atoms with E-state index in [4.69, 9.17) is 9.52 Å². The summed E-state index contributed by atoms with van der Waals surface area (Å²) in [7, 11) is 1.31. The third-order valence-corrected chi connectivity index (χ3v) is 2.49. The van der Waals surface area contributed by atoms with Gasteiger partial charge in [0.05, 0.1) is 20.0 Å². The Morgan fingerprint density at radius 1 is 1.41 bits per heavy atom. The van der Waals surface area contributed by atoms with E-state index in [1.807, 2.05) is 12.1 Å². The van der Waals surface area contributed by atoms with Gasteiger partial charge in [-0.1, -0.05) is 12.1 Å². The Balaban J connectivity index is 0.000000127. The van der Waals surface area contributed by atoms with E-state index in [0.717, 1.165) is 5.56 Å². The van der Waals surface area contributed by atoms with Gasteiger partial charge in [0.1, 0.15) is 0 Å². The second-order valence-electron chi connectivity index (χ2n) is 3.50. The number of carbonyl (C=O) groups excluding carboxylic acids is 1. The number of benzene rings is 1. The van der Waals surface area contributed by atoms with Crippen molar-refractivity contribution in [3.8, 4) is 11.1 Å². The Morgan fingerprint density at radius 3 is 2.53 bits per heavy atom. The van der Waals surface area contributed by atoms with Crippen molar-refractivity contribution in [2.45, 2.75) is 6.61 Å². The van der Waals surface area contributed by atoms with Crippen LogP contribution < -0.4 is 0 Å². The summed E-state index contributed by atoms with van der Waals surface area (Å²) >= 11 is 0. The standard InChI is InChI=1S/C7H6O.C6H6O3/c8-4-6-3-5-1-2-7(5)6;1-8-6(7)5-3-2-4-9-5/h1-3,8H,4H2;2-4H,1H3. The first-order chi connectivity index (χ1) is 8.26. The molecular formula is C13H12O4. The summed E-state index contributed by atoms with van der Waals surface area (Å²) in [5, 5.41) is 8.57. The molecule has 1 aromatic heterocycles. The molecule has 0 atom stereocenters. The summed E-state index contributed by atoms with van der Waals surface area (Å²) in [5.74, 6) is -0.211. The Hall–Kier alpha value is -2.07. The van der Waals surface area contributed by atoms with E-state index in [9.17, 15) is 4.79 Å². The molecule has 0 aromatic carbocycles. The maximum atomic E-state index is 10.6. The molecule has 0 saturated carbocycles. The van der Waals surface area contributed by atoms with Crippen LogP contribution in [0.2, 0.25) is 0 Å². The monoisotopic (exact) mass is 232 g/mol. The molecular weight excluding hydrogens is 220 g/mol. The summed E-state index contributed by atoms with van der Waals surface area (Å²) in [5.41, 5.74) is 3.64. The van der Waals surface area contributed by atoms with E-state index in [2.05, 4.69) is 10.8 Å². The molecule has 1 heterocycles. The van der Waals surface area contributed by atoms with Crippen molar-refractivity contribution in [1.82, 2.24) is 0 Å². The van der Waals surface area contributed by atoms with Crippen molar-refractivity contribution in [1.29, 1.82) is 0 Å². The van der Waals surface area contributed by atoms with Gasteiger partial charge in [0.2, 0.25) is 5.76 Å². The number of carbonyl (C=O) groups is 1. The number of aliphatic hydroxyl groups is 1. The van der Waals surface area contributed by atoms with E-state index in [1.165, 1.54) is 24.5 Å². The van der Waals surface area contributed by atoms with Crippen molar-refractivity contribution < 1.29 is 19.1 Å². The number of ether oxygens (including phenoxy) is 1. The van der Waals surface area contributed by atoms with E-state index in [1.54, 1.807) is 12.1 Å². The lowest BCUT2D eigenvalue weighted by Gasteiger charge is -2.18. The van der Waals surface area contributed by atoms with Crippen LogP contribution >= 0.6 is 0 Å². The second-order valence-corrected chi connectivity index (χ2v) is 3.50. The zero-order chi connectivity index (χ0) is 12.3. The van der Waals surface area contributed by atoms with Crippen LogP contribution in [0.25, 0.3) is 11.1 Å². The highest BCUT2D eigenvalue weighted by atomic mass is 16.5. The average molecular weight is 232 g/mol. The fraction of sp³-hybridized carbons (Fsp3) is 0.154. The van der Waals surface area contributed by atoms with Gasteiger partial charge in [-0.3, -0.25) is 0 Å². The zero-order valence-corrected chi connectivity index (χ0v) is 9.34. The number of methoxy groups -OCH3 is 1. The van der Waals surface area contributed by atoms with Crippen molar-refractivity contribution in [2.24, 2.45) is 0 Å². The van der Waals surface area contributed by atoms with Gasteiger partial charge in [0.25, 0.3) is 0 Å². The molecule has 2 aliphatic rings. The molecule has 0 bridgehead atoms. The summed E-state index contributed by atoms with van der Waals surface area (Å²) in [4.78, 5) is 10.6. The summed E-state index contributed by atoms with van der Waals surface area (Å²) in [6.45, 7) is 0.198. The number of hydrogen-bond acceptors (Lipinski definition) is 4. The Labute approximate surface area is 98.4 Å². The summed E-state index contributed by atoms with van der Waals surface area (Å²) < 4.78 is 9.07. The molecule has 2 aliphatic carbocycles. The Kier molecular flexibility index (Phi) is 3.25. The predicted molar refractivity (Wildman–Crippen MR) is 61.4 cm³/mol. The minimum Gasteiger partial charge on any atom is -0.463 e. The average Bonchev–Trinajstić information content (AvgIpc) is 2.86. The number of rotatable bonds is 2. The van der Waals surface area contributed by atoms with Gasteiger partial charge < -0.3 is 14.3 Å². The Bertz CT molecular complexity index is 514. The van der Waals surface area contributed by atoms with Crippen LogP contribution in [0.15, 0.2) is 41.0 Å². The highest BCUT2D eigenvalue weighted by molar-refractivity contribution is 5.85. The normalized spacial score (nSPS) is 10.2. The molecule has 0 amide bonds. The minimum absolute atomic E-state index is 0.198. The van der Waals surface area contributed by atoms with Crippen LogP contribution in [0, 0.1) is 0 Å². The molecule has 0 radical (unpaired) electrons. The van der Waals surface area contributed by atoms with Crippen LogP contribution in [0.5, 0.6) is 0 Å². The molecule has 4 nitrogen and oxygen atoms in total. The second kappa shape index (κ2) is 4.84. The van der Waals surface area contributed by atoms with Gasteiger partial charge in [-0.2, -0.15) is 0 Å². The zero-order valence-electron chi connectivity index (χ0n) is 9.34. The lowest BCUT2D eigenvalue weighted by atomic mass is 9.87. The maximum absolute atomic E-state index is 10.6. The van der Waals surface area contributed by atoms with Gasteiger partial charge in [-0.15, -0.1) is 0 Å². The molecule has 0 unspecified atom stereocenters. The third kappa shape index (κ3) is 2.21. The largest absolute Gasteiger partial charge is 0.463 e. The van der Waals surface area contributed by atoms with Crippen LogP contribution in [0.3, 0.4) is 0 Å². The molecule has 0 aliphatic heterocycles. The first-order valence-corrected chi connectivity index (χ1v) is 5.12. The number of hydrogen-bond donors (Lipinski definition) is 1. The Morgan fingerprint density at radius 2 is 2.24 bits per heavy atom. The van der Waals surface area contributed by atoms with Crippen LogP contribution in [-0.4, -0.2) is 18.2 Å². The van der Waals surface area contributed by atoms with Crippen LogP contribution in [0.1, 0.15) is 16.1 Å². The van der Waals surface area contributed by atoms with Crippen molar-refractivity contribution in [3.05, 3.63) is 47.9 Å². The molecule has 88 valence electrons. The van der Waals surface area contributed by atoms with Crippen molar-refractivity contribution in [3.63, 3.8) is 0 Å². The lowest BCUT2D eigenvalue weighted by Crippen LogP contribution is -1.98. The van der Waals surface area contributed by atoms with Gasteiger partial charge >= 0.3 is 5.97 Å². The molecule has 0 saturated heterocycles. The third-order valence-electron chi connectivity index (χ3n) is 2.49. The van der Waals surface area contributed by atoms with E-state index < -0.39 is 5.97 Å². The molecule has 3 rings (SSSR count). The topological polar surface area (TPSA) is 59.7 Å². The first-order valence-electron chi connectivity index (χ1n) is 5.12. The molecule has 17 heavy (non-hydrogen) atoms. The molecule has 1 N–H and O–H groups in total. The summed E-state index contributed by atoms with van der Waals surface area (Å²) in [6, 6.07) is 9.27.